The van der Waals surface area contributed by atoms with Crippen LogP contribution in [0.15, 0.2) is 24.3 Å². The molecule has 0 radical (unpaired) electrons. The number of aryl methyl sites for hydroxylation is 1. The molecule has 0 saturated carbocycles. The highest BCUT2D eigenvalue weighted by molar-refractivity contribution is 6.30. The van der Waals surface area contributed by atoms with Crippen LogP contribution >= 0.6 is 11.6 Å². The summed E-state index contributed by atoms with van der Waals surface area (Å²) in [5, 5.41) is 4.44. The third-order valence-electron chi connectivity index (χ3n) is 4.67. The van der Waals surface area contributed by atoms with Crippen molar-refractivity contribution >= 4 is 11.6 Å². The number of hydrogen-bond donors (Lipinski definition) is 2. The number of imidazole rings is 1. The van der Waals surface area contributed by atoms with Crippen molar-refractivity contribution < 1.29 is 0 Å². The number of H-pyrrole nitrogens is 1. The summed E-state index contributed by atoms with van der Waals surface area (Å²) in [5.41, 5.74) is 3.33. The summed E-state index contributed by atoms with van der Waals surface area (Å²) in [6.45, 7) is 2.10. The molecule has 2 N–H and O–H groups in total. The van der Waals surface area contributed by atoms with Crippen LogP contribution in [0, 0.1) is 6.92 Å². The average Bonchev–Trinajstić information content (AvgIpc) is 3.14. The number of benzene rings is 1. The molecule has 3 heterocycles. The highest BCUT2D eigenvalue weighted by Gasteiger charge is 2.41. The van der Waals surface area contributed by atoms with Gasteiger partial charge in [-0.2, -0.15) is 0 Å². The largest absolute Gasteiger partial charge is 0.345 e. The van der Waals surface area contributed by atoms with Crippen molar-refractivity contribution in [2.45, 2.75) is 44.2 Å². The summed E-state index contributed by atoms with van der Waals surface area (Å²) in [6, 6.07) is 9.23. The Morgan fingerprint density at radius 2 is 2.00 bits per heavy atom. The Morgan fingerprint density at radius 3 is 2.65 bits per heavy atom. The first-order valence-electron chi connectivity index (χ1n) is 7.29. The molecule has 2 aliphatic rings. The van der Waals surface area contributed by atoms with Gasteiger partial charge in [0.15, 0.2) is 0 Å². The zero-order valence-corrected chi connectivity index (χ0v) is 12.2. The number of hydrogen-bond acceptors (Lipinski definition) is 2. The highest BCUT2D eigenvalue weighted by Crippen LogP contribution is 2.39. The summed E-state index contributed by atoms with van der Waals surface area (Å²) >= 11 is 5.95. The summed E-state index contributed by atoms with van der Waals surface area (Å²) < 4.78 is 0. The molecule has 2 fully saturated rings. The van der Waals surface area contributed by atoms with Gasteiger partial charge < -0.3 is 10.3 Å². The first-order valence-corrected chi connectivity index (χ1v) is 7.67. The predicted molar refractivity (Wildman–Crippen MR) is 81.1 cm³/mol. The highest BCUT2D eigenvalue weighted by atomic mass is 35.5. The minimum absolute atomic E-state index is 0.550. The molecular formula is C16H18ClN3. The van der Waals surface area contributed by atoms with Gasteiger partial charge in [0.05, 0.1) is 5.69 Å². The molecule has 4 heteroatoms. The lowest BCUT2D eigenvalue weighted by Gasteiger charge is -2.17. The maximum absolute atomic E-state index is 5.95. The van der Waals surface area contributed by atoms with E-state index in [-0.39, 0.29) is 0 Å². The minimum atomic E-state index is 0.550. The van der Waals surface area contributed by atoms with Gasteiger partial charge in [0.1, 0.15) is 5.82 Å². The van der Waals surface area contributed by atoms with Crippen molar-refractivity contribution in [2.24, 2.45) is 0 Å². The van der Waals surface area contributed by atoms with Crippen LogP contribution in [0.2, 0.25) is 5.02 Å². The third-order valence-corrected chi connectivity index (χ3v) is 4.92. The summed E-state index contributed by atoms with van der Waals surface area (Å²) in [6.07, 6.45) is 3.83. The Labute approximate surface area is 123 Å². The Balaban J connectivity index is 1.67. The molecule has 3 nitrogen and oxygen atoms in total. The fourth-order valence-electron chi connectivity index (χ4n) is 3.67. The van der Waals surface area contributed by atoms with Crippen LogP contribution in [-0.4, -0.2) is 22.1 Å². The second-order valence-corrected chi connectivity index (χ2v) is 6.43. The van der Waals surface area contributed by atoms with E-state index in [0.29, 0.717) is 18.0 Å². The van der Waals surface area contributed by atoms with E-state index in [0.717, 1.165) is 27.8 Å². The lowest BCUT2D eigenvalue weighted by Crippen LogP contribution is -2.22. The molecule has 2 saturated heterocycles. The van der Waals surface area contributed by atoms with Gasteiger partial charge in [-0.3, -0.25) is 0 Å². The van der Waals surface area contributed by atoms with E-state index in [1.54, 1.807) is 0 Å². The molecular weight excluding hydrogens is 270 g/mol. The number of halogens is 1. The molecule has 20 heavy (non-hydrogen) atoms. The van der Waals surface area contributed by atoms with E-state index in [2.05, 4.69) is 17.2 Å². The van der Waals surface area contributed by atoms with Gasteiger partial charge in [-0.25, -0.2) is 4.98 Å². The van der Waals surface area contributed by atoms with Crippen molar-refractivity contribution in [3.63, 3.8) is 0 Å². The van der Waals surface area contributed by atoms with Gasteiger partial charge in [0, 0.05) is 34.3 Å². The first kappa shape index (κ1) is 12.4. The van der Waals surface area contributed by atoms with E-state index in [4.69, 9.17) is 16.6 Å². The fraction of sp³-hybridized carbons (Fsp3) is 0.438. The van der Waals surface area contributed by atoms with Crippen LogP contribution in [0.4, 0.5) is 0 Å². The van der Waals surface area contributed by atoms with E-state index >= 15 is 0 Å². The van der Waals surface area contributed by atoms with E-state index in [1.165, 1.54) is 19.3 Å². The molecule has 2 bridgehead atoms. The molecule has 0 spiro atoms. The molecule has 0 aliphatic carbocycles. The second-order valence-electron chi connectivity index (χ2n) is 5.99. The van der Waals surface area contributed by atoms with Crippen LogP contribution in [0.1, 0.15) is 36.7 Å². The molecule has 2 aromatic rings. The second kappa shape index (κ2) is 4.61. The SMILES string of the molecule is Cc1[nH]c(C2CC3CCC2N3)nc1-c1ccc(Cl)cc1. The Bertz CT molecular complexity index is 632. The smallest absolute Gasteiger partial charge is 0.111 e. The summed E-state index contributed by atoms with van der Waals surface area (Å²) in [7, 11) is 0. The van der Waals surface area contributed by atoms with Crippen LogP contribution in [0.5, 0.6) is 0 Å². The van der Waals surface area contributed by atoms with Crippen molar-refractivity contribution in [3.05, 3.63) is 40.8 Å². The number of fused-ring (bicyclic) bond motifs is 2. The van der Waals surface area contributed by atoms with Crippen LogP contribution in [0.25, 0.3) is 11.3 Å². The fourth-order valence-corrected chi connectivity index (χ4v) is 3.80. The number of nitrogens with one attached hydrogen (secondary N) is 2. The van der Waals surface area contributed by atoms with Gasteiger partial charge >= 0.3 is 0 Å². The van der Waals surface area contributed by atoms with E-state index in [1.807, 2.05) is 24.3 Å². The van der Waals surface area contributed by atoms with Gasteiger partial charge in [0.25, 0.3) is 0 Å². The molecule has 3 atom stereocenters. The lowest BCUT2D eigenvalue weighted by molar-refractivity contribution is 0.489. The molecule has 1 aromatic carbocycles. The number of aromatic amines is 1. The Hall–Kier alpha value is -1.32. The van der Waals surface area contributed by atoms with Gasteiger partial charge in [0.2, 0.25) is 0 Å². The van der Waals surface area contributed by atoms with Crippen molar-refractivity contribution in [3.8, 4) is 11.3 Å². The van der Waals surface area contributed by atoms with Crippen molar-refractivity contribution in [1.82, 2.24) is 15.3 Å². The van der Waals surface area contributed by atoms with Gasteiger partial charge in [-0.05, 0) is 38.3 Å². The maximum Gasteiger partial charge on any atom is 0.111 e. The number of nitrogens with zero attached hydrogens (tertiary/aromatic N) is 1. The molecule has 1 aromatic heterocycles. The Morgan fingerprint density at radius 1 is 1.20 bits per heavy atom. The zero-order chi connectivity index (χ0) is 13.7. The normalized spacial score (nSPS) is 28.2. The van der Waals surface area contributed by atoms with Crippen LogP contribution in [-0.2, 0) is 0 Å². The Kier molecular flexibility index (Phi) is 2.86. The molecule has 4 rings (SSSR count). The quantitative estimate of drug-likeness (QED) is 0.885. The summed E-state index contributed by atoms with van der Waals surface area (Å²) in [4.78, 5) is 8.37. The first-order chi connectivity index (χ1) is 9.70. The topological polar surface area (TPSA) is 40.7 Å². The molecule has 0 amide bonds. The summed E-state index contributed by atoms with van der Waals surface area (Å²) in [5.74, 6) is 1.70. The zero-order valence-electron chi connectivity index (χ0n) is 11.5. The van der Waals surface area contributed by atoms with Crippen LogP contribution < -0.4 is 5.32 Å². The van der Waals surface area contributed by atoms with E-state index < -0.39 is 0 Å². The average molecular weight is 288 g/mol. The van der Waals surface area contributed by atoms with E-state index in [9.17, 15) is 0 Å². The predicted octanol–water partition coefficient (Wildman–Crippen LogP) is 3.65. The molecule has 3 unspecified atom stereocenters. The molecule has 2 aliphatic heterocycles. The molecule has 104 valence electrons. The minimum Gasteiger partial charge on any atom is -0.345 e. The number of aromatic nitrogens is 2. The van der Waals surface area contributed by atoms with Crippen LogP contribution in [0.3, 0.4) is 0 Å². The standard InChI is InChI=1S/C16H18ClN3/c1-9-15(10-2-4-11(17)5-3-10)20-16(18-9)13-8-12-6-7-14(13)19-12/h2-5,12-14,19H,6-8H2,1H3,(H,18,20). The number of rotatable bonds is 2. The van der Waals surface area contributed by atoms with Gasteiger partial charge in [-0.15, -0.1) is 0 Å². The van der Waals surface area contributed by atoms with Gasteiger partial charge in [-0.1, -0.05) is 23.7 Å². The van der Waals surface area contributed by atoms with Crippen molar-refractivity contribution in [1.29, 1.82) is 0 Å². The maximum atomic E-state index is 5.95. The lowest BCUT2D eigenvalue weighted by atomic mass is 9.89. The monoisotopic (exact) mass is 287 g/mol. The van der Waals surface area contributed by atoms with Crippen molar-refractivity contribution in [2.75, 3.05) is 0 Å². The third kappa shape index (κ3) is 1.97.